The predicted octanol–water partition coefficient (Wildman–Crippen LogP) is 2.49. The molecule has 2 atom stereocenters. The van der Waals surface area contributed by atoms with Crippen molar-refractivity contribution in [3.8, 4) is 0 Å². The first-order chi connectivity index (χ1) is 6.32. The van der Waals surface area contributed by atoms with Crippen LogP contribution in [0.4, 0.5) is 13.2 Å². The second kappa shape index (κ2) is 3.76. The molecular formula is C7H9ClF3N3. The van der Waals surface area contributed by atoms with E-state index in [0.717, 1.165) is 10.9 Å². The monoisotopic (exact) mass is 227 g/mol. The fraction of sp³-hybridized carbons (Fsp3) is 0.714. The minimum atomic E-state index is -4.45. The molecule has 0 aliphatic carbocycles. The van der Waals surface area contributed by atoms with Crippen LogP contribution in [-0.2, 0) is 6.18 Å². The first-order valence-corrected chi connectivity index (χ1v) is 4.39. The maximum atomic E-state index is 12.1. The van der Waals surface area contributed by atoms with E-state index in [1.165, 1.54) is 0 Å². The number of aromatic nitrogens is 3. The molecule has 14 heavy (non-hydrogen) atoms. The molecule has 1 unspecified atom stereocenters. The number of nitrogens with zero attached hydrogens (tertiary/aromatic N) is 3. The van der Waals surface area contributed by atoms with Gasteiger partial charge in [0, 0.05) is 0 Å². The SMILES string of the molecule is CC(Cl)[C@H](C)n1cc(C(F)(F)F)nn1. The summed E-state index contributed by atoms with van der Waals surface area (Å²) in [4.78, 5) is 0. The van der Waals surface area contributed by atoms with Gasteiger partial charge in [-0.25, -0.2) is 4.68 Å². The van der Waals surface area contributed by atoms with Crippen LogP contribution < -0.4 is 0 Å². The molecule has 0 saturated carbocycles. The molecule has 1 aromatic heterocycles. The van der Waals surface area contributed by atoms with Gasteiger partial charge in [0.25, 0.3) is 0 Å². The summed E-state index contributed by atoms with van der Waals surface area (Å²) in [5.74, 6) is 0. The zero-order valence-corrected chi connectivity index (χ0v) is 8.34. The fourth-order valence-corrected chi connectivity index (χ4v) is 0.932. The lowest BCUT2D eigenvalue weighted by molar-refractivity contribution is -0.141. The van der Waals surface area contributed by atoms with Crippen molar-refractivity contribution in [2.24, 2.45) is 0 Å². The van der Waals surface area contributed by atoms with E-state index in [0.29, 0.717) is 0 Å². The van der Waals surface area contributed by atoms with Crippen molar-refractivity contribution in [3.63, 3.8) is 0 Å². The van der Waals surface area contributed by atoms with Crippen molar-refractivity contribution in [1.82, 2.24) is 15.0 Å². The predicted molar refractivity (Wildman–Crippen MR) is 45.1 cm³/mol. The number of hydrogen-bond acceptors (Lipinski definition) is 2. The molecular weight excluding hydrogens is 219 g/mol. The summed E-state index contributed by atoms with van der Waals surface area (Å²) in [7, 11) is 0. The number of alkyl halides is 4. The van der Waals surface area contributed by atoms with Gasteiger partial charge in [-0.3, -0.25) is 0 Å². The van der Waals surface area contributed by atoms with Crippen LogP contribution >= 0.6 is 11.6 Å². The van der Waals surface area contributed by atoms with E-state index in [2.05, 4.69) is 10.3 Å². The van der Waals surface area contributed by atoms with Crippen molar-refractivity contribution >= 4 is 11.6 Å². The van der Waals surface area contributed by atoms with E-state index in [1.54, 1.807) is 13.8 Å². The molecule has 3 nitrogen and oxygen atoms in total. The summed E-state index contributed by atoms with van der Waals surface area (Å²) in [6, 6.07) is -0.319. The minimum Gasteiger partial charge on any atom is -0.248 e. The minimum absolute atomic E-state index is 0.308. The van der Waals surface area contributed by atoms with Gasteiger partial charge in [-0.15, -0.1) is 16.7 Å². The van der Waals surface area contributed by atoms with Gasteiger partial charge in [0.1, 0.15) is 0 Å². The normalized spacial score (nSPS) is 16.7. The molecule has 0 radical (unpaired) electrons. The summed E-state index contributed by atoms with van der Waals surface area (Å²) in [6.45, 7) is 3.35. The average Bonchev–Trinajstić information content (AvgIpc) is 2.49. The van der Waals surface area contributed by atoms with Crippen LogP contribution in [0.2, 0.25) is 0 Å². The van der Waals surface area contributed by atoms with Gasteiger partial charge in [-0.05, 0) is 13.8 Å². The second-order valence-corrected chi connectivity index (χ2v) is 3.69. The van der Waals surface area contributed by atoms with Crippen LogP contribution in [0.15, 0.2) is 6.20 Å². The molecule has 0 spiro atoms. The van der Waals surface area contributed by atoms with Crippen LogP contribution in [-0.4, -0.2) is 20.4 Å². The van der Waals surface area contributed by atoms with Gasteiger partial charge < -0.3 is 0 Å². The third-order valence-corrected chi connectivity index (χ3v) is 2.25. The molecule has 0 amide bonds. The Morgan fingerprint density at radius 3 is 2.36 bits per heavy atom. The smallest absolute Gasteiger partial charge is 0.248 e. The largest absolute Gasteiger partial charge is 0.436 e. The van der Waals surface area contributed by atoms with Crippen LogP contribution in [0.3, 0.4) is 0 Å². The quantitative estimate of drug-likeness (QED) is 0.727. The molecule has 80 valence electrons. The summed E-state index contributed by atoms with van der Waals surface area (Å²) < 4.78 is 37.5. The summed E-state index contributed by atoms with van der Waals surface area (Å²) >= 11 is 5.72. The standard InChI is InChI=1S/C7H9ClF3N3/c1-4(8)5(2)14-3-6(12-13-14)7(9,10)11/h3-5H,1-2H3/t4?,5-/m0/s1. The van der Waals surface area contributed by atoms with E-state index < -0.39 is 11.9 Å². The Bertz CT molecular complexity index is 307. The van der Waals surface area contributed by atoms with Crippen molar-refractivity contribution < 1.29 is 13.2 Å². The number of hydrogen-bond donors (Lipinski definition) is 0. The molecule has 0 fully saturated rings. The molecule has 0 aliphatic heterocycles. The van der Waals surface area contributed by atoms with Crippen molar-refractivity contribution in [1.29, 1.82) is 0 Å². The average molecular weight is 228 g/mol. The highest BCUT2D eigenvalue weighted by Crippen LogP contribution is 2.27. The van der Waals surface area contributed by atoms with Gasteiger partial charge >= 0.3 is 6.18 Å². The van der Waals surface area contributed by atoms with Gasteiger partial charge in [0.2, 0.25) is 0 Å². The van der Waals surface area contributed by atoms with E-state index in [-0.39, 0.29) is 11.4 Å². The first-order valence-electron chi connectivity index (χ1n) is 3.95. The highest BCUT2D eigenvalue weighted by molar-refractivity contribution is 6.20. The first kappa shape index (κ1) is 11.3. The topological polar surface area (TPSA) is 30.7 Å². The van der Waals surface area contributed by atoms with Gasteiger partial charge in [0.05, 0.1) is 17.6 Å². The Kier molecular flexibility index (Phi) is 3.04. The summed E-state index contributed by atoms with van der Waals surface area (Å²) in [5.41, 5.74) is -0.998. The lowest BCUT2D eigenvalue weighted by Gasteiger charge is -2.12. The van der Waals surface area contributed by atoms with E-state index in [4.69, 9.17) is 11.6 Å². The maximum absolute atomic E-state index is 12.1. The molecule has 1 aromatic rings. The Labute approximate surface area is 83.9 Å². The zero-order chi connectivity index (χ0) is 10.9. The van der Waals surface area contributed by atoms with Crippen LogP contribution in [0.1, 0.15) is 25.6 Å². The van der Waals surface area contributed by atoms with Gasteiger partial charge in [-0.2, -0.15) is 13.2 Å². The van der Waals surface area contributed by atoms with Crippen LogP contribution in [0.25, 0.3) is 0 Å². The van der Waals surface area contributed by atoms with Crippen molar-refractivity contribution in [3.05, 3.63) is 11.9 Å². The molecule has 0 saturated heterocycles. The number of rotatable bonds is 2. The van der Waals surface area contributed by atoms with Gasteiger partial charge in [0.15, 0.2) is 5.69 Å². The fourth-order valence-electron chi connectivity index (χ4n) is 0.816. The Morgan fingerprint density at radius 2 is 2.00 bits per heavy atom. The van der Waals surface area contributed by atoms with Crippen molar-refractivity contribution in [2.45, 2.75) is 31.4 Å². The molecule has 0 N–H and O–H groups in total. The third kappa shape index (κ3) is 2.37. The van der Waals surface area contributed by atoms with Crippen LogP contribution in [0.5, 0.6) is 0 Å². The third-order valence-electron chi connectivity index (χ3n) is 1.88. The Hall–Kier alpha value is -0.780. The molecule has 0 aliphatic rings. The molecule has 1 rings (SSSR count). The van der Waals surface area contributed by atoms with E-state index >= 15 is 0 Å². The number of halogens is 4. The highest BCUT2D eigenvalue weighted by atomic mass is 35.5. The molecule has 0 aromatic carbocycles. The summed E-state index contributed by atoms with van der Waals surface area (Å²) in [5, 5.41) is 6.08. The van der Waals surface area contributed by atoms with E-state index in [1.807, 2.05) is 0 Å². The van der Waals surface area contributed by atoms with Gasteiger partial charge in [-0.1, -0.05) is 5.21 Å². The highest BCUT2D eigenvalue weighted by Gasteiger charge is 2.35. The molecule has 7 heteroatoms. The Balaban J connectivity index is 2.89. The Morgan fingerprint density at radius 1 is 1.43 bits per heavy atom. The second-order valence-electron chi connectivity index (χ2n) is 3.00. The molecule has 1 heterocycles. The van der Waals surface area contributed by atoms with Crippen LogP contribution in [0, 0.1) is 0 Å². The van der Waals surface area contributed by atoms with E-state index in [9.17, 15) is 13.2 Å². The van der Waals surface area contributed by atoms with Crippen molar-refractivity contribution in [2.75, 3.05) is 0 Å². The summed E-state index contributed by atoms with van der Waals surface area (Å²) in [6.07, 6.45) is -3.60. The zero-order valence-electron chi connectivity index (χ0n) is 7.59. The molecule has 0 bridgehead atoms. The lowest BCUT2D eigenvalue weighted by atomic mass is 10.2. The lowest BCUT2D eigenvalue weighted by Crippen LogP contribution is -2.14. The maximum Gasteiger partial charge on any atom is 0.436 e.